The maximum Gasteiger partial charge on any atom is 0.261 e. The minimum Gasteiger partial charge on any atom is -0.376 e. The highest BCUT2D eigenvalue weighted by Crippen LogP contribution is 2.29. The molecule has 8 heteroatoms. The highest BCUT2D eigenvalue weighted by molar-refractivity contribution is 7.12. The van der Waals surface area contributed by atoms with Crippen molar-refractivity contribution in [2.24, 2.45) is 0 Å². The molecule has 1 saturated heterocycles. The van der Waals surface area contributed by atoms with Gasteiger partial charge in [-0.05, 0) is 54.5 Å². The number of anilines is 1. The van der Waals surface area contributed by atoms with E-state index in [-0.39, 0.29) is 30.4 Å². The fraction of sp³-hybridized carbons (Fsp3) is 0.296. The van der Waals surface area contributed by atoms with Gasteiger partial charge in [0.1, 0.15) is 6.04 Å². The second-order valence-corrected chi connectivity index (χ2v) is 9.40. The third-order valence-corrected chi connectivity index (χ3v) is 6.71. The van der Waals surface area contributed by atoms with Gasteiger partial charge in [0.25, 0.3) is 5.91 Å². The summed E-state index contributed by atoms with van der Waals surface area (Å²) < 4.78 is 5.66. The number of thiophene rings is 1. The molecule has 2 aromatic carbocycles. The van der Waals surface area contributed by atoms with Crippen molar-refractivity contribution in [3.05, 3.63) is 88.1 Å². The van der Waals surface area contributed by atoms with Crippen LogP contribution < -0.4 is 15.5 Å². The molecule has 1 aliphatic rings. The van der Waals surface area contributed by atoms with E-state index in [2.05, 4.69) is 10.6 Å². The van der Waals surface area contributed by atoms with Crippen molar-refractivity contribution in [2.75, 3.05) is 24.6 Å². The van der Waals surface area contributed by atoms with E-state index in [1.54, 1.807) is 23.6 Å². The van der Waals surface area contributed by atoms with Gasteiger partial charge in [0.2, 0.25) is 11.8 Å². The van der Waals surface area contributed by atoms with Crippen LogP contribution in [-0.2, 0) is 14.3 Å². The molecular formula is C27H29N3O4S. The Morgan fingerprint density at radius 1 is 1.06 bits per heavy atom. The average Bonchev–Trinajstić information content (AvgIpc) is 3.59. The summed E-state index contributed by atoms with van der Waals surface area (Å²) >= 11 is 1.30. The summed E-state index contributed by atoms with van der Waals surface area (Å²) in [6, 6.07) is 19.2. The van der Waals surface area contributed by atoms with E-state index in [1.165, 1.54) is 16.2 Å². The predicted molar refractivity (Wildman–Crippen MR) is 136 cm³/mol. The Labute approximate surface area is 209 Å². The van der Waals surface area contributed by atoms with E-state index >= 15 is 0 Å². The normalized spacial score (nSPS) is 15.9. The van der Waals surface area contributed by atoms with Gasteiger partial charge in [-0.15, -0.1) is 11.3 Å². The number of hydrogen-bond donors (Lipinski definition) is 2. The van der Waals surface area contributed by atoms with Crippen LogP contribution >= 0.6 is 11.3 Å². The van der Waals surface area contributed by atoms with Gasteiger partial charge in [-0.2, -0.15) is 0 Å². The molecule has 1 aliphatic heterocycles. The number of nitrogens with zero attached hydrogens (tertiary/aromatic N) is 1. The van der Waals surface area contributed by atoms with Crippen molar-refractivity contribution in [3.8, 4) is 0 Å². The number of carbonyl (C=O) groups is 3. The van der Waals surface area contributed by atoms with E-state index in [9.17, 15) is 14.4 Å². The number of aryl methyl sites for hydroxylation is 1. The van der Waals surface area contributed by atoms with Crippen LogP contribution in [0.15, 0.2) is 72.1 Å². The molecule has 1 fully saturated rings. The first-order valence-corrected chi connectivity index (χ1v) is 12.6. The number of nitrogens with one attached hydrogen (secondary N) is 2. The van der Waals surface area contributed by atoms with Crippen molar-refractivity contribution < 1.29 is 19.1 Å². The van der Waals surface area contributed by atoms with Crippen LogP contribution in [0.4, 0.5) is 5.69 Å². The lowest BCUT2D eigenvalue weighted by atomic mass is 10.0. The van der Waals surface area contributed by atoms with Crippen LogP contribution in [0.5, 0.6) is 0 Å². The van der Waals surface area contributed by atoms with Gasteiger partial charge >= 0.3 is 0 Å². The van der Waals surface area contributed by atoms with E-state index in [0.717, 1.165) is 18.4 Å². The Morgan fingerprint density at radius 2 is 1.89 bits per heavy atom. The number of rotatable bonds is 9. The second-order valence-electron chi connectivity index (χ2n) is 8.46. The van der Waals surface area contributed by atoms with Gasteiger partial charge in [-0.25, -0.2) is 0 Å². The van der Waals surface area contributed by atoms with Gasteiger partial charge in [-0.1, -0.05) is 48.5 Å². The lowest BCUT2D eigenvalue weighted by Gasteiger charge is -2.32. The standard InChI is InChI=1S/C27H29N3O4S/c1-19-8-5-11-21(16-19)30(24(31)18-29-26(32)23-13-7-15-35-23)25(20-9-3-2-4-10-20)27(33)28-17-22-12-6-14-34-22/h2-5,7-11,13,15-16,22,25H,6,12,14,17-18H2,1H3,(H,28,33)(H,29,32)/t22-,25-/m1/s1. The van der Waals surface area contributed by atoms with Crippen molar-refractivity contribution in [1.29, 1.82) is 0 Å². The fourth-order valence-electron chi connectivity index (χ4n) is 4.12. The molecule has 3 aromatic rings. The topological polar surface area (TPSA) is 87.7 Å². The van der Waals surface area contributed by atoms with Crippen LogP contribution in [0.1, 0.15) is 39.7 Å². The summed E-state index contributed by atoms with van der Waals surface area (Å²) in [5.74, 6) is -1.01. The zero-order valence-electron chi connectivity index (χ0n) is 19.6. The van der Waals surface area contributed by atoms with E-state index in [4.69, 9.17) is 4.74 Å². The number of benzene rings is 2. The van der Waals surface area contributed by atoms with Gasteiger partial charge in [0.15, 0.2) is 0 Å². The Hall–Kier alpha value is -3.49. The Balaban J connectivity index is 1.63. The molecule has 0 unspecified atom stereocenters. The van der Waals surface area contributed by atoms with Gasteiger partial charge in [-0.3, -0.25) is 19.3 Å². The lowest BCUT2D eigenvalue weighted by Crippen LogP contribution is -2.48. The van der Waals surface area contributed by atoms with Gasteiger partial charge in [0, 0.05) is 18.8 Å². The van der Waals surface area contributed by atoms with Gasteiger partial charge in [0.05, 0.1) is 17.5 Å². The zero-order valence-corrected chi connectivity index (χ0v) is 20.4. The molecule has 35 heavy (non-hydrogen) atoms. The van der Waals surface area contributed by atoms with Crippen LogP contribution in [0.25, 0.3) is 0 Å². The Morgan fingerprint density at radius 3 is 2.57 bits per heavy atom. The van der Waals surface area contributed by atoms with Crippen LogP contribution in [0.2, 0.25) is 0 Å². The molecule has 2 N–H and O–H groups in total. The first kappa shape index (κ1) is 24.6. The Bertz CT molecular complexity index is 1140. The van der Waals surface area contributed by atoms with Crippen LogP contribution in [0.3, 0.4) is 0 Å². The molecular weight excluding hydrogens is 462 g/mol. The quantitative estimate of drug-likeness (QED) is 0.476. The molecule has 0 aliphatic carbocycles. The summed E-state index contributed by atoms with van der Waals surface area (Å²) in [7, 11) is 0. The molecule has 3 amide bonds. The summed E-state index contributed by atoms with van der Waals surface area (Å²) in [4.78, 5) is 41.7. The highest BCUT2D eigenvalue weighted by atomic mass is 32.1. The molecule has 2 atom stereocenters. The monoisotopic (exact) mass is 491 g/mol. The van der Waals surface area contributed by atoms with Crippen molar-refractivity contribution >= 4 is 34.7 Å². The zero-order chi connectivity index (χ0) is 24.6. The predicted octanol–water partition coefficient (Wildman–Crippen LogP) is 3.86. The van der Waals surface area contributed by atoms with Gasteiger partial charge < -0.3 is 15.4 Å². The Kier molecular flexibility index (Phi) is 8.28. The summed E-state index contributed by atoms with van der Waals surface area (Å²) in [5, 5.41) is 7.49. The van der Waals surface area contributed by atoms with Crippen LogP contribution in [0, 0.1) is 6.92 Å². The first-order chi connectivity index (χ1) is 17.0. The molecule has 0 spiro atoms. The van der Waals surface area contributed by atoms with E-state index < -0.39 is 6.04 Å². The molecule has 1 aromatic heterocycles. The van der Waals surface area contributed by atoms with E-state index in [0.29, 0.717) is 29.3 Å². The largest absolute Gasteiger partial charge is 0.376 e. The van der Waals surface area contributed by atoms with Crippen molar-refractivity contribution in [2.45, 2.75) is 31.9 Å². The third-order valence-electron chi connectivity index (χ3n) is 5.84. The maximum absolute atomic E-state index is 13.6. The second kappa shape index (κ2) is 11.8. The minimum atomic E-state index is -0.912. The van der Waals surface area contributed by atoms with Crippen LogP contribution in [-0.4, -0.2) is 43.5 Å². The molecule has 7 nitrogen and oxygen atoms in total. The molecule has 182 valence electrons. The first-order valence-electron chi connectivity index (χ1n) is 11.7. The molecule has 0 saturated carbocycles. The number of carbonyl (C=O) groups excluding carboxylic acids is 3. The maximum atomic E-state index is 13.6. The average molecular weight is 492 g/mol. The molecule has 0 bridgehead atoms. The van der Waals surface area contributed by atoms with Crippen molar-refractivity contribution in [1.82, 2.24) is 10.6 Å². The summed E-state index contributed by atoms with van der Waals surface area (Å²) in [6.45, 7) is 2.76. The molecule has 4 rings (SSSR count). The minimum absolute atomic E-state index is 0.0245. The molecule has 0 radical (unpaired) electrons. The number of amides is 3. The number of hydrogen-bond acceptors (Lipinski definition) is 5. The highest BCUT2D eigenvalue weighted by Gasteiger charge is 2.33. The summed E-state index contributed by atoms with van der Waals surface area (Å²) in [6.07, 6.45) is 1.84. The SMILES string of the molecule is Cc1cccc(N(C(=O)CNC(=O)c2cccs2)[C@@H](C(=O)NC[C@H]2CCCO2)c2ccccc2)c1. The van der Waals surface area contributed by atoms with E-state index in [1.807, 2.05) is 55.5 Å². The smallest absolute Gasteiger partial charge is 0.261 e. The number of ether oxygens (including phenoxy) is 1. The lowest BCUT2D eigenvalue weighted by molar-refractivity contribution is -0.126. The van der Waals surface area contributed by atoms with Crippen molar-refractivity contribution in [3.63, 3.8) is 0 Å². The molecule has 2 heterocycles. The third kappa shape index (κ3) is 6.35. The fourth-order valence-corrected chi connectivity index (χ4v) is 4.76. The summed E-state index contributed by atoms with van der Waals surface area (Å²) in [5.41, 5.74) is 2.22.